The zero-order valence-electron chi connectivity index (χ0n) is 11.2. The van der Waals surface area contributed by atoms with Crippen molar-refractivity contribution in [2.24, 2.45) is 5.92 Å². The van der Waals surface area contributed by atoms with Crippen LogP contribution in [0.3, 0.4) is 0 Å². The summed E-state index contributed by atoms with van der Waals surface area (Å²) in [5, 5.41) is 3.88. The molecule has 0 amide bonds. The second-order valence-corrected chi connectivity index (χ2v) is 6.02. The van der Waals surface area contributed by atoms with Crippen molar-refractivity contribution in [2.45, 2.75) is 44.8 Å². The van der Waals surface area contributed by atoms with E-state index < -0.39 is 0 Å². The van der Waals surface area contributed by atoms with E-state index in [1.165, 1.54) is 32.5 Å². The maximum atomic E-state index is 3.88. The van der Waals surface area contributed by atoms with Crippen LogP contribution in [0.2, 0.25) is 0 Å². The number of rotatable bonds is 2. The van der Waals surface area contributed by atoms with Crippen molar-refractivity contribution >= 4 is 0 Å². The van der Waals surface area contributed by atoms with E-state index in [0.29, 0.717) is 0 Å². The maximum absolute atomic E-state index is 3.88. The van der Waals surface area contributed by atoms with Crippen LogP contribution < -0.4 is 5.32 Å². The molecule has 3 nitrogen and oxygen atoms in total. The van der Waals surface area contributed by atoms with Crippen LogP contribution in [-0.4, -0.2) is 61.7 Å². The van der Waals surface area contributed by atoms with Gasteiger partial charge < -0.3 is 15.1 Å². The SMILES string of the molecule is CC1CN(C)C(C)CC1NC1CCN(C)C1. The molecule has 0 spiro atoms. The second kappa shape index (κ2) is 5.03. The third kappa shape index (κ3) is 2.76. The third-order valence-corrected chi connectivity index (χ3v) is 4.45. The Morgan fingerprint density at radius 3 is 2.50 bits per heavy atom. The standard InChI is InChI=1S/C13H27N3/c1-10-8-16(4)11(2)7-13(10)14-12-5-6-15(3)9-12/h10-14H,5-9H2,1-4H3. The lowest BCUT2D eigenvalue weighted by atomic mass is 9.89. The van der Waals surface area contributed by atoms with Crippen molar-refractivity contribution in [1.29, 1.82) is 0 Å². The maximum Gasteiger partial charge on any atom is 0.0209 e. The molecule has 4 atom stereocenters. The van der Waals surface area contributed by atoms with E-state index in [9.17, 15) is 0 Å². The van der Waals surface area contributed by atoms with E-state index in [2.05, 4.69) is 43.1 Å². The number of likely N-dealkylation sites (N-methyl/N-ethyl adjacent to an activating group) is 1. The minimum atomic E-state index is 0.725. The van der Waals surface area contributed by atoms with Crippen molar-refractivity contribution < 1.29 is 0 Å². The van der Waals surface area contributed by atoms with E-state index in [1.807, 2.05) is 0 Å². The summed E-state index contributed by atoms with van der Waals surface area (Å²) in [6, 6.07) is 2.18. The lowest BCUT2D eigenvalue weighted by Crippen LogP contribution is -2.53. The summed E-state index contributed by atoms with van der Waals surface area (Å²) >= 11 is 0. The van der Waals surface area contributed by atoms with Crippen LogP contribution in [0.25, 0.3) is 0 Å². The molecule has 3 heteroatoms. The summed E-state index contributed by atoms with van der Waals surface area (Å²) in [4.78, 5) is 4.92. The number of nitrogens with zero attached hydrogens (tertiary/aromatic N) is 2. The zero-order chi connectivity index (χ0) is 11.7. The number of nitrogens with one attached hydrogen (secondary N) is 1. The molecule has 2 heterocycles. The molecule has 2 aliphatic heterocycles. The average molecular weight is 225 g/mol. The smallest absolute Gasteiger partial charge is 0.0209 e. The fourth-order valence-corrected chi connectivity index (χ4v) is 3.15. The third-order valence-electron chi connectivity index (χ3n) is 4.45. The molecule has 0 aromatic rings. The first-order chi connectivity index (χ1) is 7.56. The topological polar surface area (TPSA) is 18.5 Å². The predicted octanol–water partition coefficient (Wildman–Crippen LogP) is 1.01. The van der Waals surface area contributed by atoms with Gasteiger partial charge in [0.25, 0.3) is 0 Å². The Morgan fingerprint density at radius 2 is 1.88 bits per heavy atom. The van der Waals surface area contributed by atoms with Gasteiger partial charge in [0.15, 0.2) is 0 Å². The summed E-state index contributed by atoms with van der Waals surface area (Å²) < 4.78 is 0. The van der Waals surface area contributed by atoms with Gasteiger partial charge in [-0.15, -0.1) is 0 Å². The van der Waals surface area contributed by atoms with Crippen LogP contribution in [0, 0.1) is 5.92 Å². The zero-order valence-corrected chi connectivity index (χ0v) is 11.2. The fraction of sp³-hybridized carbons (Fsp3) is 1.00. The molecule has 0 radical (unpaired) electrons. The monoisotopic (exact) mass is 225 g/mol. The molecule has 2 rings (SSSR count). The summed E-state index contributed by atoms with van der Waals surface area (Å²) in [7, 11) is 4.48. The van der Waals surface area contributed by atoms with Gasteiger partial charge in [0, 0.05) is 31.2 Å². The largest absolute Gasteiger partial charge is 0.310 e. The van der Waals surface area contributed by atoms with E-state index in [-0.39, 0.29) is 0 Å². The van der Waals surface area contributed by atoms with E-state index >= 15 is 0 Å². The summed E-state index contributed by atoms with van der Waals surface area (Å²) in [6.45, 7) is 8.46. The van der Waals surface area contributed by atoms with Crippen molar-refractivity contribution in [3.63, 3.8) is 0 Å². The van der Waals surface area contributed by atoms with Crippen molar-refractivity contribution in [1.82, 2.24) is 15.1 Å². The van der Waals surface area contributed by atoms with Crippen LogP contribution in [0.5, 0.6) is 0 Å². The Kier molecular flexibility index (Phi) is 3.88. The Labute approximate surface area is 100 Å². The molecule has 2 aliphatic rings. The van der Waals surface area contributed by atoms with E-state index in [4.69, 9.17) is 0 Å². The molecule has 4 unspecified atom stereocenters. The minimum absolute atomic E-state index is 0.725. The Balaban J connectivity index is 1.84. The van der Waals surface area contributed by atoms with E-state index in [0.717, 1.165) is 24.0 Å². The van der Waals surface area contributed by atoms with Gasteiger partial charge >= 0.3 is 0 Å². The summed E-state index contributed by atoms with van der Waals surface area (Å²) in [6.07, 6.45) is 2.63. The summed E-state index contributed by atoms with van der Waals surface area (Å²) in [5.41, 5.74) is 0. The normalized spacial score (nSPS) is 42.8. The molecule has 16 heavy (non-hydrogen) atoms. The van der Waals surface area contributed by atoms with Crippen LogP contribution in [0.4, 0.5) is 0 Å². The van der Waals surface area contributed by atoms with Gasteiger partial charge in [-0.05, 0) is 46.3 Å². The molecule has 0 saturated carbocycles. The molecule has 94 valence electrons. The van der Waals surface area contributed by atoms with Crippen LogP contribution in [0.1, 0.15) is 26.7 Å². The molecule has 0 bridgehead atoms. The Bertz CT molecular complexity index is 231. The van der Waals surface area contributed by atoms with Gasteiger partial charge in [-0.25, -0.2) is 0 Å². The van der Waals surface area contributed by atoms with Gasteiger partial charge in [0.05, 0.1) is 0 Å². The van der Waals surface area contributed by atoms with Gasteiger partial charge in [-0.3, -0.25) is 0 Å². The molecule has 2 fully saturated rings. The molecule has 2 saturated heterocycles. The first-order valence-electron chi connectivity index (χ1n) is 6.71. The molecule has 1 N–H and O–H groups in total. The quantitative estimate of drug-likeness (QED) is 0.757. The van der Waals surface area contributed by atoms with Crippen LogP contribution in [-0.2, 0) is 0 Å². The Hall–Kier alpha value is -0.120. The van der Waals surface area contributed by atoms with Crippen LogP contribution >= 0.6 is 0 Å². The molecule has 0 aromatic carbocycles. The van der Waals surface area contributed by atoms with Crippen molar-refractivity contribution in [3.05, 3.63) is 0 Å². The number of piperidine rings is 1. The molecule has 0 aromatic heterocycles. The number of likely N-dealkylation sites (tertiary alicyclic amines) is 2. The molecule has 0 aliphatic carbocycles. The fourth-order valence-electron chi connectivity index (χ4n) is 3.15. The highest BCUT2D eigenvalue weighted by Gasteiger charge is 2.31. The van der Waals surface area contributed by atoms with Gasteiger partial charge in [0.1, 0.15) is 0 Å². The number of hydrogen-bond acceptors (Lipinski definition) is 3. The van der Waals surface area contributed by atoms with Crippen molar-refractivity contribution in [3.8, 4) is 0 Å². The minimum Gasteiger partial charge on any atom is -0.310 e. The highest BCUT2D eigenvalue weighted by Crippen LogP contribution is 2.22. The predicted molar refractivity (Wildman–Crippen MR) is 68.7 cm³/mol. The van der Waals surface area contributed by atoms with Gasteiger partial charge in [-0.1, -0.05) is 6.92 Å². The highest BCUT2D eigenvalue weighted by molar-refractivity contribution is 4.90. The van der Waals surface area contributed by atoms with Crippen molar-refractivity contribution in [2.75, 3.05) is 33.7 Å². The second-order valence-electron chi connectivity index (χ2n) is 6.02. The highest BCUT2D eigenvalue weighted by atomic mass is 15.2. The summed E-state index contributed by atoms with van der Waals surface area (Å²) in [5.74, 6) is 0.784. The van der Waals surface area contributed by atoms with Crippen LogP contribution in [0.15, 0.2) is 0 Å². The molecular weight excluding hydrogens is 198 g/mol. The number of hydrogen-bond donors (Lipinski definition) is 1. The van der Waals surface area contributed by atoms with Gasteiger partial charge in [-0.2, -0.15) is 0 Å². The molecular formula is C13H27N3. The Morgan fingerprint density at radius 1 is 1.12 bits per heavy atom. The average Bonchev–Trinajstić information content (AvgIpc) is 2.60. The first-order valence-corrected chi connectivity index (χ1v) is 6.71. The lowest BCUT2D eigenvalue weighted by Gasteiger charge is -2.41. The van der Waals surface area contributed by atoms with Gasteiger partial charge in [0.2, 0.25) is 0 Å². The van der Waals surface area contributed by atoms with E-state index in [1.54, 1.807) is 0 Å². The first kappa shape index (κ1) is 12.3. The lowest BCUT2D eigenvalue weighted by molar-refractivity contribution is 0.116.